The number of carbonyl (C=O) groups excluding carboxylic acids is 1. The Bertz CT molecular complexity index is 103. The van der Waals surface area contributed by atoms with E-state index in [1.807, 2.05) is 0 Å². The van der Waals surface area contributed by atoms with E-state index in [4.69, 9.17) is 0 Å². The van der Waals surface area contributed by atoms with Gasteiger partial charge in [-0.3, -0.25) is 0 Å². The van der Waals surface area contributed by atoms with Crippen LogP contribution in [-0.4, -0.2) is 18.4 Å². The van der Waals surface area contributed by atoms with E-state index >= 15 is 0 Å². The van der Waals surface area contributed by atoms with Crippen molar-refractivity contribution in [2.45, 2.75) is 38.3 Å². The number of nitrogens with one attached hydrogen (secondary N) is 1. The first-order valence-corrected chi connectivity index (χ1v) is 3.58. The van der Waals surface area contributed by atoms with Crippen molar-refractivity contribution in [3.05, 3.63) is 0 Å². The molecule has 2 nitrogen and oxygen atoms in total. The van der Waals surface area contributed by atoms with Gasteiger partial charge in [-0.25, -0.2) is 0 Å². The van der Waals surface area contributed by atoms with Crippen molar-refractivity contribution in [3.8, 4) is 0 Å². The van der Waals surface area contributed by atoms with E-state index < -0.39 is 0 Å². The van der Waals surface area contributed by atoms with Gasteiger partial charge in [0.1, 0.15) is 6.29 Å². The Kier molecular flexibility index (Phi) is 2.22. The summed E-state index contributed by atoms with van der Waals surface area (Å²) in [5.41, 5.74) is 0. The average Bonchev–Trinajstić information content (AvgIpc) is 2.34. The molecule has 2 atom stereocenters. The van der Waals surface area contributed by atoms with Gasteiger partial charge in [-0.05, 0) is 19.3 Å². The quantitative estimate of drug-likeness (QED) is 0.554. The van der Waals surface area contributed by atoms with Crippen molar-refractivity contribution in [2.24, 2.45) is 0 Å². The summed E-state index contributed by atoms with van der Waals surface area (Å²) in [5, 5.41) is 3.22. The molecule has 1 aliphatic rings. The lowest BCUT2D eigenvalue weighted by atomic mass is 10.2. The Morgan fingerprint density at radius 1 is 1.67 bits per heavy atom. The van der Waals surface area contributed by atoms with Crippen molar-refractivity contribution in [1.82, 2.24) is 5.32 Å². The summed E-state index contributed by atoms with van der Waals surface area (Å²) in [5.74, 6) is 0. The molecule has 0 aromatic heterocycles. The van der Waals surface area contributed by atoms with Crippen molar-refractivity contribution in [2.75, 3.05) is 0 Å². The van der Waals surface area contributed by atoms with Gasteiger partial charge in [-0.15, -0.1) is 0 Å². The molecule has 9 heavy (non-hydrogen) atoms. The van der Waals surface area contributed by atoms with Crippen LogP contribution < -0.4 is 5.32 Å². The molecule has 0 aromatic rings. The Balaban J connectivity index is 2.28. The molecule has 1 rings (SSSR count). The zero-order chi connectivity index (χ0) is 6.69. The Morgan fingerprint density at radius 2 is 2.44 bits per heavy atom. The maximum absolute atomic E-state index is 10.2. The molecule has 2 heteroatoms. The van der Waals surface area contributed by atoms with Gasteiger partial charge in [0.2, 0.25) is 0 Å². The summed E-state index contributed by atoms with van der Waals surface area (Å²) >= 11 is 0. The second-order valence-electron chi connectivity index (χ2n) is 2.59. The molecule has 1 aliphatic heterocycles. The van der Waals surface area contributed by atoms with E-state index in [0.717, 1.165) is 19.1 Å². The minimum absolute atomic E-state index is 0.148. The minimum atomic E-state index is 0.148. The molecule has 1 N–H and O–H groups in total. The third-order valence-corrected chi connectivity index (χ3v) is 1.93. The fraction of sp³-hybridized carbons (Fsp3) is 0.857. The topological polar surface area (TPSA) is 29.1 Å². The second kappa shape index (κ2) is 2.97. The van der Waals surface area contributed by atoms with E-state index in [0.29, 0.717) is 6.04 Å². The summed E-state index contributed by atoms with van der Waals surface area (Å²) in [6.45, 7) is 2.14. The highest BCUT2D eigenvalue weighted by molar-refractivity contribution is 5.58. The first-order chi connectivity index (χ1) is 4.36. The summed E-state index contributed by atoms with van der Waals surface area (Å²) in [4.78, 5) is 10.2. The molecule has 0 saturated carbocycles. The highest BCUT2D eigenvalue weighted by Gasteiger charge is 2.20. The van der Waals surface area contributed by atoms with Gasteiger partial charge < -0.3 is 10.1 Å². The predicted octanol–water partition coefficient (Wildman–Crippen LogP) is 0.716. The van der Waals surface area contributed by atoms with Crippen LogP contribution in [0.25, 0.3) is 0 Å². The van der Waals surface area contributed by atoms with Crippen molar-refractivity contribution in [1.29, 1.82) is 0 Å². The van der Waals surface area contributed by atoms with Gasteiger partial charge in [0.15, 0.2) is 0 Å². The minimum Gasteiger partial charge on any atom is -0.305 e. The normalized spacial score (nSPS) is 34.8. The fourth-order valence-corrected chi connectivity index (χ4v) is 1.28. The van der Waals surface area contributed by atoms with Gasteiger partial charge in [0, 0.05) is 6.04 Å². The van der Waals surface area contributed by atoms with Crippen LogP contribution >= 0.6 is 0 Å². The monoisotopic (exact) mass is 127 g/mol. The zero-order valence-electron chi connectivity index (χ0n) is 5.76. The Hall–Kier alpha value is -0.370. The second-order valence-corrected chi connectivity index (χ2v) is 2.59. The van der Waals surface area contributed by atoms with Crippen LogP contribution in [-0.2, 0) is 4.79 Å². The molecule has 52 valence electrons. The number of carbonyl (C=O) groups is 1. The Morgan fingerprint density at radius 3 is 2.78 bits per heavy atom. The number of hydrogen-bond donors (Lipinski definition) is 1. The van der Waals surface area contributed by atoms with Gasteiger partial charge in [-0.2, -0.15) is 0 Å². The smallest absolute Gasteiger partial charge is 0.136 e. The van der Waals surface area contributed by atoms with E-state index in [1.54, 1.807) is 0 Å². The standard InChI is InChI=1S/C7H13NO/c1-2-6-3-4-7(5-9)8-6/h5-8H,2-4H2,1H3/t6?,7-/m1/s1. The highest BCUT2D eigenvalue weighted by Crippen LogP contribution is 2.12. The lowest BCUT2D eigenvalue weighted by molar-refractivity contribution is -0.109. The SMILES string of the molecule is CCC1CC[C@H](C=O)N1. The molecule has 1 heterocycles. The van der Waals surface area contributed by atoms with Gasteiger partial charge in [0.05, 0.1) is 6.04 Å². The lowest BCUT2D eigenvalue weighted by Gasteiger charge is -2.05. The highest BCUT2D eigenvalue weighted by atomic mass is 16.1. The van der Waals surface area contributed by atoms with Crippen molar-refractivity contribution >= 4 is 6.29 Å². The number of hydrogen-bond acceptors (Lipinski definition) is 2. The summed E-state index contributed by atoms with van der Waals surface area (Å²) < 4.78 is 0. The molecule has 0 aromatic carbocycles. The molecule has 0 amide bonds. The van der Waals surface area contributed by atoms with Crippen LogP contribution in [0.5, 0.6) is 0 Å². The van der Waals surface area contributed by atoms with Crippen molar-refractivity contribution < 1.29 is 4.79 Å². The first-order valence-electron chi connectivity index (χ1n) is 3.58. The van der Waals surface area contributed by atoms with E-state index in [2.05, 4.69) is 12.2 Å². The predicted molar refractivity (Wildman–Crippen MR) is 36.3 cm³/mol. The van der Waals surface area contributed by atoms with Crippen LogP contribution in [0.1, 0.15) is 26.2 Å². The van der Waals surface area contributed by atoms with E-state index in [-0.39, 0.29) is 6.04 Å². The Labute approximate surface area is 55.6 Å². The molecule has 1 fully saturated rings. The number of aldehydes is 1. The van der Waals surface area contributed by atoms with Crippen LogP contribution in [0.2, 0.25) is 0 Å². The van der Waals surface area contributed by atoms with E-state index in [9.17, 15) is 4.79 Å². The van der Waals surface area contributed by atoms with Crippen LogP contribution in [0.3, 0.4) is 0 Å². The summed E-state index contributed by atoms with van der Waals surface area (Å²) in [6.07, 6.45) is 4.35. The van der Waals surface area contributed by atoms with Crippen LogP contribution in [0.4, 0.5) is 0 Å². The zero-order valence-corrected chi connectivity index (χ0v) is 5.76. The maximum atomic E-state index is 10.2. The molecular formula is C7H13NO. The molecule has 0 aliphatic carbocycles. The maximum Gasteiger partial charge on any atom is 0.136 e. The van der Waals surface area contributed by atoms with Gasteiger partial charge in [0.25, 0.3) is 0 Å². The summed E-state index contributed by atoms with van der Waals surface area (Å²) in [6, 6.07) is 0.746. The van der Waals surface area contributed by atoms with Crippen molar-refractivity contribution in [3.63, 3.8) is 0 Å². The molecule has 1 unspecified atom stereocenters. The largest absolute Gasteiger partial charge is 0.305 e. The van der Waals surface area contributed by atoms with Crippen LogP contribution in [0, 0.1) is 0 Å². The average molecular weight is 127 g/mol. The molecule has 0 spiro atoms. The number of rotatable bonds is 2. The third kappa shape index (κ3) is 1.52. The molecule has 0 bridgehead atoms. The molecule has 0 radical (unpaired) electrons. The van der Waals surface area contributed by atoms with E-state index in [1.165, 1.54) is 6.42 Å². The molecular weight excluding hydrogens is 114 g/mol. The van der Waals surface area contributed by atoms with Crippen LogP contribution in [0.15, 0.2) is 0 Å². The third-order valence-electron chi connectivity index (χ3n) is 1.93. The van der Waals surface area contributed by atoms with Gasteiger partial charge >= 0.3 is 0 Å². The van der Waals surface area contributed by atoms with Gasteiger partial charge in [-0.1, -0.05) is 6.92 Å². The fourth-order valence-electron chi connectivity index (χ4n) is 1.28. The lowest BCUT2D eigenvalue weighted by Crippen LogP contribution is -2.29. The first kappa shape index (κ1) is 6.75. The summed E-state index contributed by atoms with van der Waals surface area (Å²) in [7, 11) is 0. The molecule has 1 saturated heterocycles.